The molecule has 0 radical (unpaired) electrons. The summed E-state index contributed by atoms with van der Waals surface area (Å²) in [7, 11) is 0. The standard InChI is InChI=1S/C11H19N3O3/c1-9-11(14(16)17)10(2)13(12-9)7-5-3-4-6-8-15/h15H,3-8H2,1-2H3. The lowest BCUT2D eigenvalue weighted by molar-refractivity contribution is -0.386. The van der Waals surface area contributed by atoms with Crippen LogP contribution in [0.2, 0.25) is 0 Å². The molecule has 6 heteroatoms. The van der Waals surface area contributed by atoms with Crippen LogP contribution in [0.4, 0.5) is 5.69 Å². The van der Waals surface area contributed by atoms with Crippen molar-refractivity contribution in [2.45, 2.75) is 46.1 Å². The number of aliphatic hydroxyl groups is 1. The van der Waals surface area contributed by atoms with Crippen molar-refractivity contribution in [3.05, 3.63) is 21.5 Å². The van der Waals surface area contributed by atoms with Gasteiger partial charge < -0.3 is 5.11 Å². The van der Waals surface area contributed by atoms with Crippen LogP contribution >= 0.6 is 0 Å². The number of hydrogen-bond donors (Lipinski definition) is 1. The van der Waals surface area contributed by atoms with Crippen molar-refractivity contribution in [2.24, 2.45) is 0 Å². The lowest BCUT2D eigenvalue weighted by Gasteiger charge is -2.03. The molecule has 0 atom stereocenters. The molecule has 0 aliphatic rings. The highest BCUT2D eigenvalue weighted by molar-refractivity contribution is 5.39. The Morgan fingerprint density at radius 1 is 1.29 bits per heavy atom. The lowest BCUT2D eigenvalue weighted by Crippen LogP contribution is -2.03. The van der Waals surface area contributed by atoms with Crippen LogP contribution in [0.15, 0.2) is 0 Å². The molecule has 1 aromatic heterocycles. The van der Waals surface area contributed by atoms with Crippen LogP contribution in [0.5, 0.6) is 0 Å². The summed E-state index contributed by atoms with van der Waals surface area (Å²) in [6, 6.07) is 0. The topological polar surface area (TPSA) is 81.2 Å². The van der Waals surface area contributed by atoms with Gasteiger partial charge in [-0.1, -0.05) is 12.8 Å². The summed E-state index contributed by atoms with van der Waals surface area (Å²) in [4.78, 5) is 10.4. The average molecular weight is 241 g/mol. The molecule has 0 bridgehead atoms. The van der Waals surface area contributed by atoms with Gasteiger partial charge in [0.25, 0.3) is 0 Å². The fraction of sp³-hybridized carbons (Fsp3) is 0.727. The Bertz CT molecular complexity index is 388. The van der Waals surface area contributed by atoms with Crippen molar-refractivity contribution in [3.63, 3.8) is 0 Å². The van der Waals surface area contributed by atoms with E-state index in [-0.39, 0.29) is 17.2 Å². The van der Waals surface area contributed by atoms with Gasteiger partial charge in [0.05, 0.1) is 4.92 Å². The first-order valence-corrected chi connectivity index (χ1v) is 5.87. The van der Waals surface area contributed by atoms with Crippen LogP contribution in [0.3, 0.4) is 0 Å². The van der Waals surface area contributed by atoms with E-state index >= 15 is 0 Å². The van der Waals surface area contributed by atoms with E-state index in [1.165, 1.54) is 0 Å². The van der Waals surface area contributed by atoms with E-state index in [1.807, 2.05) is 0 Å². The molecule has 1 aromatic rings. The molecular formula is C11H19N3O3. The normalized spacial score (nSPS) is 10.8. The van der Waals surface area contributed by atoms with E-state index in [0.29, 0.717) is 17.9 Å². The van der Waals surface area contributed by atoms with Crippen molar-refractivity contribution in [3.8, 4) is 0 Å². The Morgan fingerprint density at radius 2 is 1.94 bits per heavy atom. The summed E-state index contributed by atoms with van der Waals surface area (Å²) < 4.78 is 1.70. The summed E-state index contributed by atoms with van der Waals surface area (Å²) in [6.45, 7) is 4.32. The molecule has 1 heterocycles. The molecule has 0 spiro atoms. The van der Waals surface area contributed by atoms with E-state index in [9.17, 15) is 10.1 Å². The number of aromatic nitrogens is 2. The maximum Gasteiger partial charge on any atom is 0.312 e. The first-order chi connectivity index (χ1) is 8.07. The zero-order valence-corrected chi connectivity index (χ0v) is 10.3. The molecule has 0 unspecified atom stereocenters. The molecule has 6 nitrogen and oxygen atoms in total. The molecule has 0 amide bonds. The largest absolute Gasteiger partial charge is 0.396 e. The fourth-order valence-electron chi connectivity index (χ4n) is 1.90. The van der Waals surface area contributed by atoms with Gasteiger partial charge in [0, 0.05) is 13.2 Å². The minimum absolute atomic E-state index is 0.125. The van der Waals surface area contributed by atoms with Gasteiger partial charge in [0.2, 0.25) is 0 Å². The van der Waals surface area contributed by atoms with Gasteiger partial charge in [-0.25, -0.2) is 0 Å². The van der Waals surface area contributed by atoms with Crippen molar-refractivity contribution >= 4 is 5.69 Å². The maximum atomic E-state index is 10.8. The number of nitrogens with zero attached hydrogens (tertiary/aromatic N) is 3. The highest BCUT2D eigenvalue weighted by Crippen LogP contribution is 2.22. The molecule has 17 heavy (non-hydrogen) atoms. The van der Waals surface area contributed by atoms with Gasteiger partial charge in [-0.05, 0) is 26.7 Å². The molecular weight excluding hydrogens is 222 g/mol. The first kappa shape index (κ1) is 13.6. The van der Waals surface area contributed by atoms with E-state index in [2.05, 4.69) is 5.10 Å². The Hall–Kier alpha value is -1.43. The minimum Gasteiger partial charge on any atom is -0.396 e. The summed E-state index contributed by atoms with van der Waals surface area (Å²) in [5.41, 5.74) is 1.22. The molecule has 1 N–H and O–H groups in total. The molecule has 0 aromatic carbocycles. The zero-order chi connectivity index (χ0) is 12.8. The maximum absolute atomic E-state index is 10.8. The summed E-state index contributed by atoms with van der Waals surface area (Å²) in [5, 5.41) is 23.6. The number of aryl methyl sites for hydroxylation is 2. The second-order valence-corrected chi connectivity index (χ2v) is 4.14. The van der Waals surface area contributed by atoms with Crippen LogP contribution < -0.4 is 0 Å². The average Bonchev–Trinajstić information content (AvgIpc) is 2.53. The Labute approximate surface area is 100 Å². The van der Waals surface area contributed by atoms with Crippen molar-refractivity contribution in [2.75, 3.05) is 6.61 Å². The van der Waals surface area contributed by atoms with Gasteiger partial charge in [0.15, 0.2) is 0 Å². The van der Waals surface area contributed by atoms with Gasteiger partial charge in [-0.15, -0.1) is 0 Å². The number of hydrogen-bond acceptors (Lipinski definition) is 4. The highest BCUT2D eigenvalue weighted by atomic mass is 16.6. The molecule has 0 aliphatic carbocycles. The van der Waals surface area contributed by atoms with Gasteiger partial charge in [-0.2, -0.15) is 5.10 Å². The summed E-state index contributed by atoms with van der Waals surface area (Å²) in [5.74, 6) is 0. The van der Waals surface area contributed by atoms with Crippen molar-refractivity contribution in [1.29, 1.82) is 0 Å². The third kappa shape index (κ3) is 3.52. The number of rotatable bonds is 7. The van der Waals surface area contributed by atoms with Crippen molar-refractivity contribution in [1.82, 2.24) is 9.78 Å². The van der Waals surface area contributed by atoms with Gasteiger partial charge in [-0.3, -0.25) is 14.8 Å². The third-order valence-electron chi connectivity index (χ3n) is 2.80. The molecule has 0 fully saturated rings. The highest BCUT2D eigenvalue weighted by Gasteiger charge is 2.21. The molecule has 1 rings (SSSR count). The van der Waals surface area contributed by atoms with E-state index in [1.54, 1.807) is 18.5 Å². The zero-order valence-electron chi connectivity index (χ0n) is 10.3. The summed E-state index contributed by atoms with van der Waals surface area (Å²) in [6.07, 6.45) is 3.74. The van der Waals surface area contributed by atoms with E-state index < -0.39 is 0 Å². The van der Waals surface area contributed by atoms with E-state index in [0.717, 1.165) is 25.7 Å². The van der Waals surface area contributed by atoms with Crippen LogP contribution in [0, 0.1) is 24.0 Å². The number of aliphatic hydroxyl groups excluding tert-OH is 1. The fourth-order valence-corrected chi connectivity index (χ4v) is 1.90. The Kier molecular flexibility index (Phi) is 5.09. The second kappa shape index (κ2) is 6.34. The van der Waals surface area contributed by atoms with Crippen LogP contribution in [-0.4, -0.2) is 26.4 Å². The van der Waals surface area contributed by atoms with Gasteiger partial charge in [0.1, 0.15) is 11.4 Å². The van der Waals surface area contributed by atoms with E-state index in [4.69, 9.17) is 5.11 Å². The molecule has 0 aliphatic heterocycles. The van der Waals surface area contributed by atoms with Crippen LogP contribution in [-0.2, 0) is 6.54 Å². The van der Waals surface area contributed by atoms with Crippen LogP contribution in [0.1, 0.15) is 37.1 Å². The van der Waals surface area contributed by atoms with Crippen molar-refractivity contribution < 1.29 is 10.0 Å². The molecule has 0 saturated heterocycles. The monoisotopic (exact) mass is 241 g/mol. The number of nitro groups is 1. The first-order valence-electron chi connectivity index (χ1n) is 5.87. The molecule has 0 saturated carbocycles. The summed E-state index contributed by atoms with van der Waals surface area (Å²) >= 11 is 0. The smallest absolute Gasteiger partial charge is 0.312 e. The Morgan fingerprint density at radius 3 is 2.47 bits per heavy atom. The molecule has 96 valence electrons. The third-order valence-corrected chi connectivity index (χ3v) is 2.80. The quantitative estimate of drug-likeness (QED) is 0.449. The second-order valence-electron chi connectivity index (χ2n) is 4.14. The van der Waals surface area contributed by atoms with Gasteiger partial charge >= 0.3 is 5.69 Å². The predicted molar refractivity (Wildman–Crippen MR) is 63.9 cm³/mol. The lowest BCUT2D eigenvalue weighted by atomic mass is 10.2. The predicted octanol–water partition coefficient (Wildman–Crippen LogP) is 1.96. The Balaban J connectivity index is 2.55. The van der Waals surface area contributed by atoms with Crippen LogP contribution in [0.25, 0.3) is 0 Å². The SMILES string of the molecule is Cc1nn(CCCCCCO)c(C)c1[N+](=O)[O-]. The number of unbranched alkanes of at least 4 members (excludes halogenated alkanes) is 3. The minimum atomic E-state index is -0.375.